The number of benzene rings is 3. The fraction of sp³-hybridized carbons (Fsp3) is 0.394. The summed E-state index contributed by atoms with van der Waals surface area (Å²) in [7, 11) is 0. The van der Waals surface area contributed by atoms with E-state index in [1.165, 1.54) is 18.1 Å². The summed E-state index contributed by atoms with van der Waals surface area (Å²) >= 11 is 0. The average Bonchev–Trinajstić information content (AvgIpc) is 3.25. The van der Waals surface area contributed by atoms with Crippen LogP contribution in [0.3, 0.4) is 0 Å². The summed E-state index contributed by atoms with van der Waals surface area (Å²) in [6.07, 6.45) is 0.424. The maximum atomic E-state index is 13.1. The van der Waals surface area contributed by atoms with E-state index in [0.717, 1.165) is 44.9 Å². The van der Waals surface area contributed by atoms with E-state index in [1.54, 1.807) is 0 Å². The number of hydrogen-bond acceptors (Lipinski definition) is 3. The van der Waals surface area contributed by atoms with Gasteiger partial charge in [-0.1, -0.05) is 71.0 Å². The molecule has 0 saturated heterocycles. The Kier molecular flexibility index (Phi) is 7.68. The molecule has 3 aromatic rings. The van der Waals surface area contributed by atoms with Crippen LogP contribution in [0.25, 0.3) is 11.1 Å². The van der Waals surface area contributed by atoms with Gasteiger partial charge in [0.2, 0.25) is 11.8 Å². The van der Waals surface area contributed by atoms with Crippen molar-refractivity contribution < 1.29 is 14.3 Å². The van der Waals surface area contributed by atoms with Gasteiger partial charge in [-0.25, -0.2) is 0 Å². The SMILES string of the molecule is CC(=O)Nc1cccc(-c2c(C)c(NC(=O)CC(C)(C)C)c(C)c3c2OCC3c2ccc(C(C)C)cc2)c1. The minimum atomic E-state index is -0.123. The van der Waals surface area contributed by atoms with Crippen LogP contribution in [0.4, 0.5) is 11.4 Å². The van der Waals surface area contributed by atoms with Gasteiger partial charge in [0.15, 0.2) is 0 Å². The van der Waals surface area contributed by atoms with Crippen molar-refractivity contribution in [3.8, 4) is 16.9 Å². The minimum absolute atomic E-state index is 0.00153. The van der Waals surface area contributed by atoms with Crippen molar-refractivity contribution in [2.75, 3.05) is 17.2 Å². The lowest BCUT2D eigenvalue weighted by Crippen LogP contribution is -2.21. The summed E-state index contributed by atoms with van der Waals surface area (Å²) in [5, 5.41) is 6.14. The molecule has 0 bridgehead atoms. The highest BCUT2D eigenvalue weighted by Gasteiger charge is 2.34. The summed E-state index contributed by atoms with van der Waals surface area (Å²) in [6, 6.07) is 16.6. The molecule has 1 heterocycles. The zero-order valence-corrected chi connectivity index (χ0v) is 23.9. The first-order valence-electron chi connectivity index (χ1n) is 13.4. The standard InChI is InChI=1S/C33H40N2O3/c1-19(2)23-12-14-24(15-13-23)27-18-38-32-29(25-10-9-11-26(16-25)34-22(5)36)20(3)31(21(4)30(27)32)35-28(37)17-33(6,7)8/h9-16,19,27H,17-18H2,1-8H3,(H,34,36)(H,35,37). The lowest BCUT2D eigenvalue weighted by molar-refractivity contribution is -0.118. The Morgan fingerprint density at radius 3 is 2.29 bits per heavy atom. The second-order valence-electron chi connectivity index (χ2n) is 12.0. The number of rotatable bonds is 6. The molecule has 4 rings (SSSR count). The molecule has 0 fully saturated rings. The maximum absolute atomic E-state index is 13.1. The van der Waals surface area contributed by atoms with E-state index in [9.17, 15) is 9.59 Å². The molecule has 0 spiro atoms. The van der Waals surface area contributed by atoms with Crippen molar-refractivity contribution in [1.29, 1.82) is 0 Å². The largest absolute Gasteiger partial charge is 0.492 e. The van der Waals surface area contributed by atoms with Crippen molar-refractivity contribution in [2.45, 2.75) is 73.6 Å². The van der Waals surface area contributed by atoms with Gasteiger partial charge < -0.3 is 15.4 Å². The Balaban J connectivity index is 1.89. The highest BCUT2D eigenvalue weighted by atomic mass is 16.5. The smallest absolute Gasteiger partial charge is 0.224 e. The Morgan fingerprint density at radius 2 is 1.68 bits per heavy atom. The lowest BCUT2D eigenvalue weighted by atomic mass is 9.84. The van der Waals surface area contributed by atoms with Crippen LogP contribution >= 0.6 is 0 Å². The van der Waals surface area contributed by atoms with Crippen molar-refractivity contribution in [1.82, 2.24) is 0 Å². The van der Waals surface area contributed by atoms with Crippen LogP contribution in [-0.2, 0) is 9.59 Å². The van der Waals surface area contributed by atoms with E-state index in [4.69, 9.17) is 4.74 Å². The van der Waals surface area contributed by atoms with Crippen LogP contribution in [-0.4, -0.2) is 18.4 Å². The molecular weight excluding hydrogens is 472 g/mol. The molecule has 1 atom stereocenters. The van der Waals surface area contributed by atoms with Gasteiger partial charge in [0.25, 0.3) is 0 Å². The molecule has 0 radical (unpaired) electrons. The number of carbonyl (C=O) groups excluding carboxylic acids is 2. The normalized spacial score (nSPS) is 14.7. The number of ether oxygens (including phenoxy) is 1. The number of nitrogens with one attached hydrogen (secondary N) is 2. The number of amides is 2. The van der Waals surface area contributed by atoms with Crippen LogP contribution < -0.4 is 15.4 Å². The van der Waals surface area contributed by atoms with E-state index in [2.05, 4.69) is 76.4 Å². The Morgan fingerprint density at radius 1 is 1.00 bits per heavy atom. The number of fused-ring (bicyclic) bond motifs is 1. The van der Waals surface area contributed by atoms with E-state index in [-0.39, 0.29) is 23.1 Å². The summed E-state index contributed by atoms with van der Waals surface area (Å²) in [5.74, 6) is 1.25. The Labute approximate surface area is 227 Å². The van der Waals surface area contributed by atoms with Gasteiger partial charge >= 0.3 is 0 Å². The third kappa shape index (κ3) is 5.77. The Hall–Kier alpha value is -3.60. The molecular formula is C33H40N2O3. The molecule has 5 heteroatoms. The van der Waals surface area contributed by atoms with Gasteiger partial charge in [0.1, 0.15) is 5.75 Å². The Bertz CT molecular complexity index is 1360. The third-order valence-corrected chi connectivity index (χ3v) is 7.18. The van der Waals surface area contributed by atoms with Gasteiger partial charge in [-0.2, -0.15) is 0 Å². The first-order chi connectivity index (χ1) is 17.9. The van der Waals surface area contributed by atoms with E-state index in [0.29, 0.717) is 18.9 Å². The van der Waals surface area contributed by atoms with Gasteiger partial charge in [-0.3, -0.25) is 9.59 Å². The first-order valence-corrected chi connectivity index (χ1v) is 13.4. The molecule has 38 heavy (non-hydrogen) atoms. The molecule has 0 aliphatic carbocycles. The molecule has 200 valence electrons. The van der Waals surface area contributed by atoms with Gasteiger partial charge in [-0.05, 0) is 65.1 Å². The third-order valence-electron chi connectivity index (χ3n) is 7.18. The lowest BCUT2D eigenvalue weighted by Gasteiger charge is -2.23. The fourth-order valence-corrected chi connectivity index (χ4v) is 5.37. The molecule has 1 unspecified atom stereocenters. The monoisotopic (exact) mass is 512 g/mol. The van der Waals surface area contributed by atoms with E-state index >= 15 is 0 Å². The van der Waals surface area contributed by atoms with E-state index in [1.807, 2.05) is 31.2 Å². The van der Waals surface area contributed by atoms with Crippen LogP contribution in [0.5, 0.6) is 5.75 Å². The van der Waals surface area contributed by atoms with Crippen LogP contribution in [0.2, 0.25) is 0 Å². The second-order valence-corrected chi connectivity index (χ2v) is 12.0. The molecule has 1 aliphatic rings. The van der Waals surface area contributed by atoms with Gasteiger partial charge in [0.05, 0.1) is 6.61 Å². The minimum Gasteiger partial charge on any atom is -0.492 e. The molecule has 5 nitrogen and oxygen atoms in total. The van der Waals surface area contributed by atoms with Crippen LogP contribution in [0.15, 0.2) is 48.5 Å². The summed E-state index contributed by atoms with van der Waals surface area (Å²) in [6.45, 7) is 16.8. The molecule has 3 aromatic carbocycles. The van der Waals surface area contributed by atoms with Crippen molar-refractivity contribution in [2.24, 2.45) is 5.41 Å². The summed E-state index contributed by atoms with van der Waals surface area (Å²) in [5.41, 5.74) is 8.94. The summed E-state index contributed by atoms with van der Waals surface area (Å²) < 4.78 is 6.45. The average molecular weight is 513 g/mol. The molecule has 2 amide bonds. The zero-order chi connectivity index (χ0) is 27.8. The quantitative estimate of drug-likeness (QED) is 0.352. The number of hydrogen-bond donors (Lipinski definition) is 2. The molecule has 1 aliphatic heterocycles. The first kappa shape index (κ1) is 27.4. The molecule has 2 N–H and O–H groups in total. The second kappa shape index (κ2) is 10.6. The van der Waals surface area contributed by atoms with E-state index < -0.39 is 0 Å². The number of anilines is 2. The van der Waals surface area contributed by atoms with Crippen molar-refractivity contribution in [3.05, 3.63) is 76.3 Å². The van der Waals surface area contributed by atoms with Crippen LogP contribution in [0, 0.1) is 19.3 Å². The maximum Gasteiger partial charge on any atom is 0.224 e. The topological polar surface area (TPSA) is 67.4 Å². The van der Waals surface area contributed by atoms with Crippen molar-refractivity contribution >= 4 is 23.2 Å². The fourth-order valence-electron chi connectivity index (χ4n) is 5.37. The molecule has 0 saturated carbocycles. The number of carbonyl (C=O) groups is 2. The highest BCUT2D eigenvalue weighted by Crippen LogP contribution is 2.51. The molecule has 0 aromatic heterocycles. The highest BCUT2D eigenvalue weighted by molar-refractivity contribution is 5.97. The summed E-state index contributed by atoms with van der Waals surface area (Å²) in [4.78, 5) is 24.9. The predicted octanol–water partition coefficient (Wildman–Crippen LogP) is 7.95. The zero-order valence-electron chi connectivity index (χ0n) is 23.9. The van der Waals surface area contributed by atoms with Crippen LogP contribution in [0.1, 0.15) is 87.6 Å². The predicted molar refractivity (Wildman–Crippen MR) is 156 cm³/mol. The van der Waals surface area contributed by atoms with Crippen molar-refractivity contribution in [3.63, 3.8) is 0 Å². The van der Waals surface area contributed by atoms with Gasteiger partial charge in [0, 0.05) is 41.8 Å². The van der Waals surface area contributed by atoms with Gasteiger partial charge in [-0.15, -0.1) is 0 Å².